The summed E-state index contributed by atoms with van der Waals surface area (Å²) in [7, 11) is 0. The lowest BCUT2D eigenvalue weighted by molar-refractivity contribution is -0.126. The van der Waals surface area contributed by atoms with Gasteiger partial charge in [0.15, 0.2) is 11.5 Å². The SMILES string of the molecule is CCNC(=O)C1CC(NC(=O)c2ncc(F)cc2F)CN1C1CCCC1. The van der Waals surface area contributed by atoms with E-state index in [4.69, 9.17) is 0 Å². The lowest BCUT2D eigenvalue weighted by Gasteiger charge is -2.29. The summed E-state index contributed by atoms with van der Waals surface area (Å²) >= 11 is 0. The summed E-state index contributed by atoms with van der Waals surface area (Å²) in [5.74, 6) is -2.55. The van der Waals surface area contributed by atoms with Crippen LogP contribution < -0.4 is 10.6 Å². The molecule has 1 aliphatic carbocycles. The highest BCUT2D eigenvalue weighted by atomic mass is 19.1. The molecule has 1 aliphatic heterocycles. The molecule has 26 heavy (non-hydrogen) atoms. The molecule has 2 N–H and O–H groups in total. The highest BCUT2D eigenvalue weighted by Crippen LogP contribution is 2.30. The first-order valence-corrected chi connectivity index (χ1v) is 9.15. The molecule has 2 heterocycles. The second-order valence-electron chi connectivity index (χ2n) is 6.94. The van der Waals surface area contributed by atoms with E-state index in [2.05, 4.69) is 20.5 Å². The van der Waals surface area contributed by atoms with Crippen LogP contribution in [0.15, 0.2) is 12.3 Å². The van der Waals surface area contributed by atoms with Crippen LogP contribution in [0.5, 0.6) is 0 Å². The molecule has 0 spiro atoms. The van der Waals surface area contributed by atoms with Gasteiger partial charge in [-0.3, -0.25) is 14.5 Å². The summed E-state index contributed by atoms with van der Waals surface area (Å²) in [5, 5.41) is 5.60. The topological polar surface area (TPSA) is 74.3 Å². The number of amides is 2. The minimum absolute atomic E-state index is 0.0396. The number of nitrogens with zero attached hydrogens (tertiary/aromatic N) is 2. The Morgan fingerprint density at radius 3 is 2.69 bits per heavy atom. The molecule has 2 unspecified atom stereocenters. The monoisotopic (exact) mass is 366 g/mol. The molecule has 2 amide bonds. The molecule has 1 aromatic heterocycles. The van der Waals surface area contributed by atoms with Gasteiger partial charge in [-0.05, 0) is 26.2 Å². The number of carbonyl (C=O) groups excluding carboxylic acids is 2. The van der Waals surface area contributed by atoms with Crippen LogP contribution in [0.25, 0.3) is 0 Å². The van der Waals surface area contributed by atoms with Crippen LogP contribution in [0.3, 0.4) is 0 Å². The molecule has 6 nitrogen and oxygen atoms in total. The van der Waals surface area contributed by atoms with E-state index >= 15 is 0 Å². The maximum Gasteiger partial charge on any atom is 0.273 e. The van der Waals surface area contributed by atoms with Crippen molar-refractivity contribution in [2.24, 2.45) is 0 Å². The maximum absolute atomic E-state index is 13.8. The van der Waals surface area contributed by atoms with Gasteiger partial charge in [0.25, 0.3) is 5.91 Å². The summed E-state index contributed by atoms with van der Waals surface area (Å²) in [5.41, 5.74) is -0.430. The first-order chi connectivity index (χ1) is 12.5. The fraction of sp³-hybridized carbons (Fsp3) is 0.611. The molecular weight excluding hydrogens is 342 g/mol. The Morgan fingerprint density at radius 1 is 1.31 bits per heavy atom. The van der Waals surface area contributed by atoms with Crippen molar-refractivity contribution >= 4 is 11.8 Å². The van der Waals surface area contributed by atoms with Gasteiger partial charge in [-0.2, -0.15) is 0 Å². The van der Waals surface area contributed by atoms with Crippen LogP contribution in [0.1, 0.15) is 49.5 Å². The van der Waals surface area contributed by atoms with E-state index in [1.807, 2.05) is 6.92 Å². The van der Waals surface area contributed by atoms with Crippen LogP contribution in [0, 0.1) is 11.6 Å². The fourth-order valence-corrected chi connectivity index (χ4v) is 3.99. The minimum atomic E-state index is -0.992. The molecule has 142 valence electrons. The Hall–Kier alpha value is -2.09. The highest BCUT2D eigenvalue weighted by Gasteiger charge is 2.41. The molecule has 3 rings (SSSR count). The Morgan fingerprint density at radius 2 is 2.04 bits per heavy atom. The summed E-state index contributed by atoms with van der Waals surface area (Å²) in [6, 6.07) is 0.403. The first-order valence-electron chi connectivity index (χ1n) is 9.15. The van der Waals surface area contributed by atoms with E-state index in [9.17, 15) is 18.4 Å². The van der Waals surface area contributed by atoms with Crippen LogP contribution in [0.4, 0.5) is 8.78 Å². The zero-order valence-corrected chi connectivity index (χ0v) is 14.8. The molecule has 1 aromatic rings. The molecule has 1 saturated carbocycles. The second kappa shape index (κ2) is 8.07. The third kappa shape index (κ3) is 4.00. The van der Waals surface area contributed by atoms with Gasteiger partial charge in [0.05, 0.1) is 12.2 Å². The number of rotatable bonds is 5. The van der Waals surface area contributed by atoms with Gasteiger partial charge in [-0.25, -0.2) is 13.8 Å². The van der Waals surface area contributed by atoms with Gasteiger partial charge >= 0.3 is 0 Å². The Labute approximate surface area is 151 Å². The molecule has 2 aliphatic rings. The number of hydrogen-bond donors (Lipinski definition) is 2. The fourth-order valence-electron chi connectivity index (χ4n) is 3.99. The predicted molar refractivity (Wildman–Crippen MR) is 91.5 cm³/mol. The predicted octanol–water partition coefficient (Wildman–Crippen LogP) is 1.61. The van der Waals surface area contributed by atoms with Crippen molar-refractivity contribution in [2.75, 3.05) is 13.1 Å². The molecule has 2 fully saturated rings. The van der Waals surface area contributed by atoms with Gasteiger partial charge < -0.3 is 10.6 Å². The number of hydrogen-bond acceptors (Lipinski definition) is 4. The molecule has 2 atom stereocenters. The van der Waals surface area contributed by atoms with E-state index in [1.54, 1.807) is 0 Å². The van der Waals surface area contributed by atoms with Crippen LogP contribution in [-0.4, -0.2) is 52.9 Å². The smallest absolute Gasteiger partial charge is 0.273 e. The average molecular weight is 366 g/mol. The van der Waals surface area contributed by atoms with Crippen molar-refractivity contribution in [3.63, 3.8) is 0 Å². The average Bonchev–Trinajstić information content (AvgIpc) is 3.24. The van der Waals surface area contributed by atoms with Crippen molar-refractivity contribution in [2.45, 2.75) is 57.2 Å². The number of likely N-dealkylation sites (tertiary alicyclic amines) is 1. The zero-order chi connectivity index (χ0) is 18.7. The van der Waals surface area contributed by atoms with Gasteiger partial charge in [0.1, 0.15) is 5.82 Å². The largest absolute Gasteiger partial charge is 0.355 e. The van der Waals surface area contributed by atoms with Crippen molar-refractivity contribution in [1.82, 2.24) is 20.5 Å². The van der Waals surface area contributed by atoms with Crippen molar-refractivity contribution in [1.29, 1.82) is 0 Å². The van der Waals surface area contributed by atoms with Crippen molar-refractivity contribution in [3.8, 4) is 0 Å². The van der Waals surface area contributed by atoms with Crippen molar-refractivity contribution in [3.05, 3.63) is 29.6 Å². The number of aromatic nitrogens is 1. The number of carbonyl (C=O) groups is 2. The molecular formula is C18H24F2N4O2. The minimum Gasteiger partial charge on any atom is -0.355 e. The highest BCUT2D eigenvalue weighted by molar-refractivity contribution is 5.93. The van der Waals surface area contributed by atoms with Gasteiger partial charge in [-0.15, -0.1) is 0 Å². The summed E-state index contributed by atoms with van der Waals surface area (Å²) < 4.78 is 26.7. The third-order valence-corrected chi connectivity index (χ3v) is 5.14. The van der Waals surface area contributed by atoms with Crippen LogP contribution in [-0.2, 0) is 4.79 Å². The lowest BCUT2D eigenvalue weighted by atomic mass is 10.1. The summed E-state index contributed by atoms with van der Waals surface area (Å²) in [4.78, 5) is 30.4. The van der Waals surface area contributed by atoms with E-state index in [0.29, 0.717) is 31.6 Å². The van der Waals surface area contributed by atoms with Gasteiger partial charge in [-0.1, -0.05) is 12.8 Å². The van der Waals surface area contributed by atoms with E-state index in [-0.39, 0.29) is 18.0 Å². The van der Waals surface area contributed by atoms with Crippen molar-refractivity contribution < 1.29 is 18.4 Å². The second-order valence-corrected chi connectivity index (χ2v) is 6.94. The third-order valence-electron chi connectivity index (χ3n) is 5.14. The maximum atomic E-state index is 13.8. The Kier molecular flexibility index (Phi) is 5.80. The summed E-state index contributed by atoms with van der Waals surface area (Å²) in [6.45, 7) is 2.96. The molecule has 1 saturated heterocycles. The van der Waals surface area contributed by atoms with Gasteiger partial charge in [0, 0.05) is 31.2 Å². The first kappa shape index (κ1) is 18.7. The molecule has 0 radical (unpaired) electrons. The normalized spacial score (nSPS) is 24.0. The quantitative estimate of drug-likeness (QED) is 0.830. The Bertz CT molecular complexity index is 679. The Balaban J connectivity index is 1.70. The number of halogens is 2. The number of nitrogens with one attached hydrogen (secondary N) is 2. The standard InChI is InChI=1S/C18H24F2N4O2/c1-2-21-17(25)15-8-12(10-24(15)13-5-3-4-6-13)23-18(26)16-14(20)7-11(19)9-22-16/h7,9,12-13,15H,2-6,8,10H2,1H3,(H,21,25)(H,23,26). The molecule has 0 aromatic carbocycles. The number of likely N-dealkylation sites (N-methyl/N-ethyl adjacent to an activating group) is 1. The van der Waals surface area contributed by atoms with E-state index < -0.39 is 23.2 Å². The summed E-state index contributed by atoms with van der Waals surface area (Å²) in [6.07, 6.45) is 5.66. The van der Waals surface area contributed by atoms with E-state index in [0.717, 1.165) is 31.9 Å². The van der Waals surface area contributed by atoms with E-state index in [1.165, 1.54) is 0 Å². The molecule has 0 bridgehead atoms. The number of pyridine rings is 1. The van der Waals surface area contributed by atoms with Gasteiger partial charge in [0.2, 0.25) is 5.91 Å². The molecule has 8 heteroatoms. The van der Waals surface area contributed by atoms with Crippen LogP contribution in [0.2, 0.25) is 0 Å². The zero-order valence-electron chi connectivity index (χ0n) is 14.8. The lowest BCUT2D eigenvalue weighted by Crippen LogP contribution is -2.47. The van der Waals surface area contributed by atoms with Crippen LogP contribution >= 0.6 is 0 Å².